The molecule has 1 atom stereocenters. The van der Waals surface area contributed by atoms with Crippen LogP contribution in [0.25, 0.3) is 0 Å². The van der Waals surface area contributed by atoms with Crippen molar-refractivity contribution >= 4 is 28.9 Å². The molecule has 0 radical (unpaired) electrons. The van der Waals surface area contributed by atoms with Crippen molar-refractivity contribution in [3.05, 3.63) is 29.8 Å². The highest BCUT2D eigenvalue weighted by atomic mass is 32.2. The quantitative estimate of drug-likeness (QED) is 0.692. The molecule has 0 spiro atoms. The first-order valence-corrected chi connectivity index (χ1v) is 8.86. The minimum atomic E-state index is -1.10. The third kappa shape index (κ3) is 7.93. The summed E-state index contributed by atoms with van der Waals surface area (Å²) in [4.78, 5) is 35.8. The molecule has 1 unspecified atom stereocenters. The fraction of sp³-hybridized carbons (Fsp3) is 0.471. The smallest absolute Gasteiger partial charge is 0.325 e. The number of urea groups is 1. The van der Waals surface area contributed by atoms with E-state index in [0.717, 1.165) is 23.1 Å². The molecule has 0 fully saturated rings. The Morgan fingerprint density at radius 1 is 1.24 bits per heavy atom. The summed E-state index contributed by atoms with van der Waals surface area (Å²) in [5, 5.41) is 11.4. The number of hydrogen-bond donors (Lipinski definition) is 2. The van der Waals surface area contributed by atoms with Crippen LogP contribution in [0.5, 0.6) is 5.75 Å². The number of nitrogens with zero attached hydrogens (tertiary/aromatic N) is 1. The van der Waals surface area contributed by atoms with Crippen LogP contribution >= 0.6 is 11.8 Å². The monoisotopic (exact) mass is 368 g/mol. The van der Waals surface area contributed by atoms with E-state index in [1.165, 1.54) is 18.7 Å². The SMILES string of the molecule is COc1ccc(CCN(CCSC(C)=O)C(=O)NC(C)C(=O)O)cc1. The van der Waals surface area contributed by atoms with Gasteiger partial charge in [0, 0.05) is 25.8 Å². The normalized spacial score (nSPS) is 11.5. The van der Waals surface area contributed by atoms with Crippen LogP contribution in [-0.4, -0.2) is 59.1 Å². The minimum absolute atomic E-state index is 0.0191. The molecule has 8 heteroatoms. The van der Waals surface area contributed by atoms with Crippen LogP contribution in [0.15, 0.2) is 24.3 Å². The van der Waals surface area contributed by atoms with E-state index < -0.39 is 18.0 Å². The number of rotatable bonds is 9. The highest BCUT2D eigenvalue weighted by Gasteiger charge is 2.19. The van der Waals surface area contributed by atoms with Gasteiger partial charge in [-0.3, -0.25) is 9.59 Å². The number of methoxy groups -OCH3 is 1. The molecule has 0 saturated heterocycles. The van der Waals surface area contributed by atoms with Crippen LogP contribution in [0.4, 0.5) is 4.79 Å². The summed E-state index contributed by atoms with van der Waals surface area (Å²) < 4.78 is 5.11. The van der Waals surface area contributed by atoms with Gasteiger partial charge in [0.05, 0.1) is 7.11 Å². The predicted octanol–water partition coefficient (Wildman–Crippen LogP) is 2.00. The average molecular weight is 368 g/mol. The van der Waals surface area contributed by atoms with Crippen LogP contribution in [0.1, 0.15) is 19.4 Å². The van der Waals surface area contributed by atoms with E-state index in [9.17, 15) is 14.4 Å². The van der Waals surface area contributed by atoms with Crippen LogP contribution in [0.2, 0.25) is 0 Å². The number of thioether (sulfide) groups is 1. The summed E-state index contributed by atoms with van der Waals surface area (Å²) in [5.41, 5.74) is 1.03. The van der Waals surface area contributed by atoms with Crippen LogP contribution in [-0.2, 0) is 16.0 Å². The molecule has 0 aliphatic rings. The van der Waals surface area contributed by atoms with Crippen LogP contribution < -0.4 is 10.1 Å². The number of ether oxygens (including phenoxy) is 1. The summed E-state index contributed by atoms with van der Waals surface area (Å²) in [7, 11) is 1.59. The summed E-state index contributed by atoms with van der Waals surface area (Å²) in [6.45, 7) is 3.66. The largest absolute Gasteiger partial charge is 0.497 e. The summed E-state index contributed by atoms with van der Waals surface area (Å²) in [6.07, 6.45) is 0.615. The van der Waals surface area contributed by atoms with Crippen molar-refractivity contribution in [2.75, 3.05) is 26.0 Å². The maximum atomic E-state index is 12.3. The van der Waals surface area contributed by atoms with Gasteiger partial charge in [0.2, 0.25) is 0 Å². The molecule has 138 valence electrons. The van der Waals surface area contributed by atoms with Gasteiger partial charge in [-0.15, -0.1) is 0 Å². The highest BCUT2D eigenvalue weighted by molar-refractivity contribution is 8.13. The van der Waals surface area contributed by atoms with Crippen molar-refractivity contribution in [3.8, 4) is 5.75 Å². The molecular weight excluding hydrogens is 344 g/mol. The average Bonchev–Trinajstić information content (AvgIpc) is 2.57. The van der Waals surface area contributed by atoms with Crippen molar-refractivity contribution in [2.45, 2.75) is 26.3 Å². The molecule has 0 saturated carbocycles. The van der Waals surface area contributed by atoms with Crippen LogP contribution in [0, 0.1) is 0 Å². The van der Waals surface area contributed by atoms with E-state index in [2.05, 4.69) is 5.32 Å². The predicted molar refractivity (Wildman–Crippen MR) is 97.0 cm³/mol. The van der Waals surface area contributed by atoms with E-state index in [1.807, 2.05) is 24.3 Å². The van der Waals surface area contributed by atoms with E-state index in [4.69, 9.17) is 9.84 Å². The molecule has 7 nitrogen and oxygen atoms in total. The summed E-state index contributed by atoms with van der Waals surface area (Å²) in [5.74, 6) is 0.125. The fourth-order valence-electron chi connectivity index (χ4n) is 2.01. The van der Waals surface area contributed by atoms with Gasteiger partial charge in [0.25, 0.3) is 0 Å². The lowest BCUT2D eigenvalue weighted by Crippen LogP contribution is -2.48. The third-order valence-electron chi connectivity index (χ3n) is 3.49. The van der Waals surface area contributed by atoms with Crippen LogP contribution in [0.3, 0.4) is 0 Å². The number of carboxylic acid groups (broad SMARTS) is 1. The number of carboxylic acids is 1. The molecule has 25 heavy (non-hydrogen) atoms. The van der Waals surface area contributed by atoms with Crippen molar-refractivity contribution in [2.24, 2.45) is 0 Å². The van der Waals surface area contributed by atoms with Gasteiger partial charge in [-0.25, -0.2) is 4.79 Å². The molecule has 1 aromatic carbocycles. The van der Waals surface area contributed by atoms with Gasteiger partial charge in [-0.05, 0) is 31.0 Å². The zero-order valence-corrected chi connectivity index (χ0v) is 15.5. The Morgan fingerprint density at radius 2 is 1.88 bits per heavy atom. The van der Waals surface area contributed by atoms with Gasteiger partial charge in [0.15, 0.2) is 5.12 Å². The van der Waals surface area contributed by atoms with E-state index in [-0.39, 0.29) is 5.12 Å². The second-order valence-corrected chi connectivity index (χ2v) is 6.71. The Kier molecular flexibility index (Phi) is 8.83. The summed E-state index contributed by atoms with van der Waals surface area (Å²) >= 11 is 1.14. The van der Waals surface area contributed by atoms with Crippen molar-refractivity contribution in [1.29, 1.82) is 0 Å². The van der Waals surface area contributed by atoms with Gasteiger partial charge in [0.1, 0.15) is 11.8 Å². The van der Waals surface area contributed by atoms with Crippen molar-refractivity contribution < 1.29 is 24.2 Å². The molecule has 0 aliphatic heterocycles. The highest BCUT2D eigenvalue weighted by Crippen LogP contribution is 2.12. The van der Waals surface area contributed by atoms with Gasteiger partial charge in [-0.1, -0.05) is 23.9 Å². The maximum absolute atomic E-state index is 12.3. The first-order valence-electron chi connectivity index (χ1n) is 7.88. The zero-order valence-electron chi connectivity index (χ0n) is 14.7. The van der Waals surface area contributed by atoms with Gasteiger partial charge >= 0.3 is 12.0 Å². The molecule has 0 bridgehead atoms. The number of amides is 2. The number of hydrogen-bond acceptors (Lipinski definition) is 5. The number of carbonyl (C=O) groups is 3. The number of aliphatic carboxylic acids is 1. The molecule has 1 aromatic rings. The first kappa shape index (κ1) is 20.8. The Balaban J connectivity index is 2.66. The lowest BCUT2D eigenvalue weighted by molar-refractivity contribution is -0.138. The van der Waals surface area contributed by atoms with E-state index in [1.54, 1.807) is 7.11 Å². The van der Waals surface area contributed by atoms with E-state index in [0.29, 0.717) is 25.3 Å². The second kappa shape index (κ2) is 10.6. The van der Waals surface area contributed by atoms with E-state index >= 15 is 0 Å². The topological polar surface area (TPSA) is 95.9 Å². The minimum Gasteiger partial charge on any atom is -0.497 e. The summed E-state index contributed by atoms with van der Waals surface area (Å²) in [6, 6.07) is 6.09. The van der Waals surface area contributed by atoms with Gasteiger partial charge in [-0.2, -0.15) is 0 Å². The number of carbonyl (C=O) groups excluding carboxylic acids is 2. The van der Waals surface area contributed by atoms with Crippen molar-refractivity contribution in [1.82, 2.24) is 10.2 Å². The molecule has 2 amide bonds. The Labute approximate surface area is 151 Å². The second-order valence-electron chi connectivity index (χ2n) is 5.43. The Bertz CT molecular complexity index is 591. The molecule has 0 aliphatic carbocycles. The maximum Gasteiger partial charge on any atom is 0.325 e. The molecule has 0 heterocycles. The Morgan fingerprint density at radius 3 is 2.40 bits per heavy atom. The third-order valence-corrected chi connectivity index (χ3v) is 4.29. The zero-order chi connectivity index (χ0) is 18.8. The Hall–Kier alpha value is -2.22. The number of nitrogens with one attached hydrogen (secondary N) is 1. The molecule has 1 rings (SSSR count). The lowest BCUT2D eigenvalue weighted by atomic mass is 10.1. The molecular formula is C17H24N2O5S. The van der Waals surface area contributed by atoms with Crippen molar-refractivity contribution in [3.63, 3.8) is 0 Å². The standard InChI is InChI=1S/C17H24N2O5S/c1-12(16(21)22)18-17(23)19(10-11-25-13(2)20)9-8-14-4-6-15(24-3)7-5-14/h4-7,12H,8-11H2,1-3H3,(H,18,23)(H,21,22). The molecule has 2 N–H and O–H groups in total. The van der Waals surface area contributed by atoms with Gasteiger partial charge < -0.3 is 20.1 Å². The first-order chi connectivity index (χ1) is 11.8. The molecule has 0 aromatic heterocycles. The fourth-order valence-corrected chi connectivity index (χ4v) is 2.61. The number of benzene rings is 1. The lowest BCUT2D eigenvalue weighted by Gasteiger charge is -2.24.